The number of hydrogen-bond acceptors (Lipinski definition) is 4. The van der Waals surface area contributed by atoms with Crippen molar-refractivity contribution in [1.29, 1.82) is 0 Å². The van der Waals surface area contributed by atoms with Crippen molar-refractivity contribution in [2.75, 3.05) is 31.2 Å². The molecule has 0 spiro atoms. The lowest BCUT2D eigenvalue weighted by Crippen LogP contribution is -2.48. The van der Waals surface area contributed by atoms with Gasteiger partial charge in [-0.05, 0) is 44.5 Å². The minimum atomic E-state index is -0.172. The maximum atomic E-state index is 12.3. The van der Waals surface area contributed by atoms with E-state index in [1.54, 1.807) is 19.2 Å². The van der Waals surface area contributed by atoms with Gasteiger partial charge in [-0.1, -0.05) is 6.07 Å². The van der Waals surface area contributed by atoms with Crippen LogP contribution in [0.25, 0.3) is 0 Å². The molecule has 1 amide bonds. The van der Waals surface area contributed by atoms with Crippen molar-refractivity contribution in [1.82, 2.24) is 4.90 Å². The number of ether oxygens (including phenoxy) is 1. The topological polar surface area (TPSA) is 67.6 Å². The SMILES string of the molecule is COC1CCCN(C(C)C(=O)Nc2cccc(N)c2)C1. The number of likely N-dealkylation sites (tertiary alicyclic amines) is 1. The second-order valence-electron chi connectivity index (χ2n) is 5.29. The summed E-state index contributed by atoms with van der Waals surface area (Å²) in [5, 5.41) is 2.91. The largest absolute Gasteiger partial charge is 0.399 e. The van der Waals surface area contributed by atoms with Crippen molar-refractivity contribution < 1.29 is 9.53 Å². The van der Waals surface area contributed by atoms with E-state index in [1.807, 2.05) is 19.1 Å². The average molecular weight is 277 g/mol. The van der Waals surface area contributed by atoms with E-state index in [4.69, 9.17) is 10.5 Å². The third kappa shape index (κ3) is 3.71. The summed E-state index contributed by atoms with van der Waals surface area (Å²) in [5.41, 5.74) is 7.10. The molecule has 1 heterocycles. The molecule has 0 aliphatic carbocycles. The fraction of sp³-hybridized carbons (Fsp3) is 0.533. The van der Waals surface area contributed by atoms with Gasteiger partial charge < -0.3 is 15.8 Å². The van der Waals surface area contributed by atoms with Crippen LogP contribution in [-0.2, 0) is 9.53 Å². The Kier molecular flexibility index (Phi) is 4.98. The summed E-state index contributed by atoms with van der Waals surface area (Å²) in [7, 11) is 1.73. The molecule has 0 radical (unpaired) electrons. The number of carbonyl (C=O) groups excluding carboxylic acids is 1. The second-order valence-corrected chi connectivity index (χ2v) is 5.29. The van der Waals surface area contributed by atoms with Gasteiger partial charge in [0, 0.05) is 25.0 Å². The molecule has 1 saturated heterocycles. The maximum absolute atomic E-state index is 12.3. The highest BCUT2D eigenvalue weighted by atomic mass is 16.5. The Morgan fingerprint density at radius 2 is 2.35 bits per heavy atom. The highest BCUT2D eigenvalue weighted by molar-refractivity contribution is 5.94. The Morgan fingerprint density at radius 3 is 3.05 bits per heavy atom. The Morgan fingerprint density at radius 1 is 1.55 bits per heavy atom. The number of nitrogens with zero attached hydrogens (tertiary/aromatic N) is 1. The fourth-order valence-electron chi connectivity index (χ4n) is 2.54. The van der Waals surface area contributed by atoms with Crippen LogP contribution in [-0.4, -0.2) is 43.2 Å². The van der Waals surface area contributed by atoms with Crippen LogP contribution < -0.4 is 11.1 Å². The van der Waals surface area contributed by atoms with Crippen LogP contribution in [0.4, 0.5) is 11.4 Å². The standard InChI is InChI=1S/C15H23N3O2/c1-11(18-8-4-7-14(10-18)20-2)15(19)17-13-6-3-5-12(16)9-13/h3,5-6,9,11,14H,4,7-8,10,16H2,1-2H3,(H,17,19). The minimum absolute atomic E-state index is 0.00708. The van der Waals surface area contributed by atoms with E-state index in [2.05, 4.69) is 10.2 Å². The quantitative estimate of drug-likeness (QED) is 0.822. The number of benzene rings is 1. The lowest BCUT2D eigenvalue weighted by atomic mass is 10.1. The Balaban J connectivity index is 1.94. The lowest BCUT2D eigenvalue weighted by Gasteiger charge is -2.35. The monoisotopic (exact) mass is 277 g/mol. The van der Waals surface area contributed by atoms with E-state index in [9.17, 15) is 4.79 Å². The summed E-state index contributed by atoms with van der Waals surface area (Å²) in [4.78, 5) is 14.4. The minimum Gasteiger partial charge on any atom is -0.399 e. The van der Waals surface area contributed by atoms with Crippen molar-refractivity contribution in [2.24, 2.45) is 0 Å². The number of rotatable bonds is 4. The van der Waals surface area contributed by atoms with Crippen LogP contribution in [0.3, 0.4) is 0 Å². The van der Waals surface area contributed by atoms with Gasteiger partial charge in [-0.2, -0.15) is 0 Å². The summed E-state index contributed by atoms with van der Waals surface area (Å²) in [6, 6.07) is 7.06. The van der Waals surface area contributed by atoms with Gasteiger partial charge in [0.25, 0.3) is 0 Å². The summed E-state index contributed by atoms with van der Waals surface area (Å²) in [6.45, 7) is 3.67. The predicted molar refractivity (Wildman–Crippen MR) is 80.6 cm³/mol. The molecule has 20 heavy (non-hydrogen) atoms. The molecule has 2 rings (SSSR count). The Bertz CT molecular complexity index is 464. The third-order valence-electron chi connectivity index (χ3n) is 3.82. The molecule has 0 aromatic heterocycles. The van der Waals surface area contributed by atoms with Crippen molar-refractivity contribution >= 4 is 17.3 Å². The van der Waals surface area contributed by atoms with Crippen molar-refractivity contribution in [3.05, 3.63) is 24.3 Å². The molecule has 1 aliphatic heterocycles. The number of piperidine rings is 1. The molecule has 1 fully saturated rings. The smallest absolute Gasteiger partial charge is 0.241 e. The molecule has 5 heteroatoms. The molecule has 0 bridgehead atoms. The summed E-state index contributed by atoms with van der Waals surface area (Å²) in [5.74, 6) is -0.00708. The Labute approximate surface area is 120 Å². The van der Waals surface area contributed by atoms with Gasteiger partial charge >= 0.3 is 0 Å². The van der Waals surface area contributed by atoms with Gasteiger partial charge in [0.05, 0.1) is 12.1 Å². The first-order chi connectivity index (χ1) is 9.60. The molecule has 1 aromatic carbocycles. The fourth-order valence-corrected chi connectivity index (χ4v) is 2.54. The van der Waals surface area contributed by atoms with Gasteiger partial charge in [-0.25, -0.2) is 0 Å². The molecule has 1 aliphatic rings. The van der Waals surface area contributed by atoms with Crippen LogP contribution in [0.5, 0.6) is 0 Å². The summed E-state index contributed by atoms with van der Waals surface area (Å²) >= 11 is 0. The third-order valence-corrected chi connectivity index (χ3v) is 3.82. The Hall–Kier alpha value is -1.59. The zero-order valence-electron chi connectivity index (χ0n) is 12.1. The van der Waals surface area contributed by atoms with Crippen LogP contribution in [0, 0.1) is 0 Å². The number of nitrogens with one attached hydrogen (secondary N) is 1. The summed E-state index contributed by atoms with van der Waals surface area (Å²) in [6.07, 6.45) is 2.36. The summed E-state index contributed by atoms with van der Waals surface area (Å²) < 4.78 is 5.40. The highest BCUT2D eigenvalue weighted by Gasteiger charge is 2.27. The number of carbonyl (C=O) groups is 1. The molecular formula is C15H23N3O2. The number of nitrogen functional groups attached to an aromatic ring is 1. The number of anilines is 2. The van der Waals surface area contributed by atoms with Crippen LogP contribution in [0.2, 0.25) is 0 Å². The van der Waals surface area contributed by atoms with Gasteiger partial charge in [-0.15, -0.1) is 0 Å². The predicted octanol–water partition coefficient (Wildman–Crippen LogP) is 1.71. The zero-order chi connectivity index (χ0) is 14.5. The highest BCUT2D eigenvalue weighted by Crippen LogP contribution is 2.17. The van der Waals surface area contributed by atoms with Gasteiger partial charge in [-0.3, -0.25) is 9.69 Å². The van der Waals surface area contributed by atoms with E-state index in [1.165, 1.54) is 0 Å². The van der Waals surface area contributed by atoms with E-state index < -0.39 is 0 Å². The van der Waals surface area contributed by atoms with Crippen molar-refractivity contribution in [3.8, 4) is 0 Å². The molecule has 3 N–H and O–H groups in total. The number of methoxy groups -OCH3 is 1. The van der Waals surface area contributed by atoms with Gasteiger partial charge in [0.2, 0.25) is 5.91 Å². The normalized spacial score (nSPS) is 21.4. The molecular weight excluding hydrogens is 254 g/mol. The zero-order valence-corrected chi connectivity index (χ0v) is 12.1. The lowest BCUT2D eigenvalue weighted by molar-refractivity contribution is -0.122. The van der Waals surface area contributed by atoms with E-state index in [0.717, 1.165) is 31.6 Å². The van der Waals surface area contributed by atoms with Crippen LogP contribution >= 0.6 is 0 Å². The van der Waals surface area contributed by atoms with Crippen molar-refractivity contribution in [3.63, 3.8) is 0 Å². The second kappa shape index (κ2) is 6.72. The van der Waals surface area contributed by atoms with Crippen LogP contribution in [0.15, 0.2) is 24.3 Å². The number of nitrogens with two attached hydrogens (primary N) is 1. The first kappa shape index (κ1) is 14.8. The first-order valence-electron chi connectivity index (χ1n) is 7.03. The first-order valence-corrected chi connectivity index (χ1v) is 7.03. The maximum Gasteiger partial charge on any atom is 0.241 e. The van der Waals surface area contributed by atoms with Crippen molar-refractivity contribution in [2.45, 2.75) is 31.9 Å². The average Bonchev–Trinajstić information content (AvgIpc) is 2.46. The molecule has 110 valence electrons. The molecule has 2 atom stereocenters. The van der Waals surface area contributed by atoms with Gasteiger partial charge in [0.1, 0.15) is 0 Å². The molecule has 2 unspecified atom stereocenters. The van der Waals surface area contributed by atoms with E-state index in [-0.39, 0.29) is 18.1 Å². The number of hydrogen-bond donors (Lipinski definition) is 2. The van der Waals surface area contributed by atoms with Crippen LogP contribution in [0.1, 0.15) is 19.8 Å². The molecule has 1 aromatic rings. The van der Waals surface area contributed by atoms with E-state index >= 15 is 0 Å². The number of amides is 1. The molecule has 0 saturated carbocycles. The van der Waals surface area contributed by atoms with E-state index in [0.29, 0.717) is 5.69 Å². The molecule has 5 nitrogen and oxygen atoms in total. The van der Waals surface area contributed by atoms with Gasteiger partial charge in [0.15, 0.2) is 0 Å².